The summed E-state index contributed by atoms with van der Waals surface area (Å²) in [6.45, 7) is 4.56. The van der Waals surface area contributed by atoms with E-state index >= 15 is 0 Å². The fourth-order valence-electron chi connectivity index (χ4n) is 2.73. The second-order valence-electron chi connectivity index (χ2n) is 5.58. The fourth-order valence-corrected chi connectivity index (χ4v) is 2.73. The monoisotopic (exact) mass is 297 g/mol. The van der Waals surface area contributed by atoms with Gasteiger partial charge in [-0.1, -0.05) is 31.8 Å². The number of rotatable bonds is 8. The summed E-state index contributed by atoms with van der Waals surface area (Å²) >= 11 is 0. The Labute approximate surface area is 126 Å². The van der Waals surface area contributed by atoms with Crippen molar-refractivity contribution in [2.24, 2.45) is 5.92 Å². The molecule has 0 aromatic heterocycles. The maximum atomic E-state index is 11.9. The van der Waals surface area contributed by atoms with Crippen molar-refractivity contribution in [2.45, 2.75) is 57.4 Å². The molecule has 0 aromatic rings. The molecule has 1 aliphatic rings. The van der Waals surface area contributed by atoms with E-state index in [-0.39, 0.29) is 11.9 Å². The maximum absolute atomic E-state index is 11.9. The highest BCUT2D eigenvalue weighted by atomic mass is 16.5. The van der Waals surface area contributed by atoms with Crippen LogP contribution in [0.25, 0.3) is 0 Å². The van der Waals surface area contributed by atoms with Gasteiger partial charge in [0.2, 0.25) is 5.91 Å². The first kappa shape index (κ1) is 17.7. The molecule has 0 saturated heterocycles. The van der Waals surface area contributed by atoms with Crippen LogP contribution in [0.4, 0.5) is 0 Å². The Hall–Kier alpha value is -1.36. The van der Waals surface area contributed by atoms with Crippen molar-refractivity contribution in [3.63, 3.8) is 0 Å². The van der Waals surface area contributed by atoms with E-state index in [0.29, 0.717) is 32.5 Å². The average Bonchev–Trinajstić information content (AvgIpc) is 2.41. The van der Waals surface area contributed by atoms with Crippen LogP contribution < -0.4 is 5.32 Å². The molecular formula is C16H27NO4. The van der Waals surface area contributed by atoms with Crippen LogP contribution in [-0.2, 0) is 14.3 Å². The minimum atomic E-state index is -0.795. The van der Waals surface area contributed by atoms with Crippen molar-refractivity contribution in [1.29, 1.82) is 0 Å². The minimum absolute atomic E-state index is 0.0750. The lowest BCUT2D eigenvalue weighted by Gasteiger charge is -2.27. The molecular weight excluding hydrogens is 270 g/mol. The van der Waals surface area contributed by atoms with Gasteiger partial charge in [0, 0.05) is 19.1 Å². The third-order valence-corrected chi connectivity index (χ3v) is 3.86. The maximum Gasteiger partial charge on any atom is 0.308 e. The van der Waals surface area contributed by atoms with E-state index in [2.05, 4.69) is 11.9 Å². The largest absolute Gasteiger partial charge is 0.481 e. The first-order chi connectivity index (χ1) is 10.1. The summed E-state index contributed by atoms with van der Waals surface area (Å²) in [6.07, 6.45) is 8.23. The summed E-state index contributed by atoms with van der Waals surface area (Å²) in [5, 5.41) is 12.2. The van der Waals surface area contributed by atoms with Crippen LogP contribution in [0.5, 0.6) is 0 Å². The van der Waals surface area contributed by atoms with E-state index in [1.807, 2.05) is 0 Å². The van der Waals surface area contributed by atoms with Crippen LogP contribution in [0.3, 0.4) is 0 Å². The quantitative estimate of drug-likeness (QED) is 0.533. The molecule has 0 heterocycles. The van der Waals surface area contributed by atoms with Gasteiger partial charge in [0.1, 0.15) is 0 Å². The molecule has 1 amide bonds. The Kier molecular flexibility index (Phi) is 8.74. The Morgan fingerprint density at radius 2 is 1.95 bits per heavy atom. The SMILES string of the molecule is C=CCOCCCC(=O)NC1CCCCCCC1C(=O)O. The molecule has 0 radical (unpaired) electrons. The Morgan fingerprint density at radius 3 is 2.62 bits per heavy atom. The smallest absolute Gasteiger partial charge is 0.308 e. The molecule has 0 aromatic carbocycles. The zero-order valence-electron chi connectivity index (χ0n) is 12.7. The highest BCUT2D eigenvalue weighted by Crippen LogP contribution is 2.23. The Morgan fingerprint density at radius 1 is 1.24 bits per heavy atom. The first-order valence-electron chi connectivity index (χ1n) is 7.86. The van der Waals surface area contributed by atoms with Crippen LogP contribution in [-0.4, -0.2) is 36.2 Å². The number of hydrogen-bond donors (Lipinski definition) is 2. The normalized spacial score (nSPS) is 22.9. The summed E-state index contributed by atoms with van der Waals surface area (Å²) in [5.41, 5.74) is 0. The minimum Gasteiger partial charge on any atom is -0.481 e. The van der Waals surface area contributed by atoms with Crippen molar-refractivity contribution in [3.8, 4) is 0 Å². The molecule has 1 rings (SSSR count). The Bertz CT molecular complexity index is 343. The van der Waals surface area contributed by atoms with Crippen LogP contribution >= 0.6 is 0 Å². The average molecular weight is 297 g/mol. The number of carbonyl (C=O) groups is 2. The van der Waals surface area contributed by atoms with Crippen LogP contribution in [0.1, 0.15) is 51.4 Å². The van der Waals surface area contributed by atoms with E-state index in [1.165, 1.54) is 0 Å². The number of carboxylic acids is 1. The molecule has 120 valence electrons. The van der Waals surface area contributed by atoms with Gasteiger partial charge in [-0.15, -0.1) is 6.58 Å². The summed E-state index contributed by atoms with van der Waals surface area (Å²) < 4.78 is 5.23. The summed E-state index contributed by atoms with van der Waals surface area (Å²) in [4.78, 5) is 23.3. The van der Waals surface area contributed by atoms with Gasteiger partial charge in [0.05, 0.1) is 12.5 Å². The standard InChI is InChI=1S/C16H27NO4/c1-2-11-21-12-7-10-15(18)17-14-9-6-4-3-5-8-13(14)16(19)20/h2,13-14H,1,3-12H2,(H,17,18)(H,19,20). The third-order valence-electron chi connectivity index (χ3n) is 3.86. The number of carbonyl (C=O) groups excluding carboxylic acids is 1. The summed E-state index contributed by atoms with van der Waals surface area (Å²) in [5.74, 6) is -1.32. The van der Waals surface area contributed by atoms with E-state index in [0.717, 1.165) is 32.1 Å². The van der Waals surface area contributed by atoms with Gasteiger partial charge in [-0.3, -0.25) is 9.59 Å². The molecule has 0 bridgehead atoms. The lowest BCUT2D eigenvalue weighted by atomic mass is 9.86. The molecule has 0 spiro atoms. The van der Waals surface area contributed by atoms with Crippen molar-refractivity contribution in [3.05, 3.63) is 12.7 Å². The zero-order chi connectivity index (χ0) is 15.5. The van der Waals surface area contributed by atoms with Crippen molar-refractivity contribution < 1.29 is 19.4 Å². The first-order valence-corrected chi connectivity index (χ1v) is 7.86. The van der Waals surface area contributed by atoms with Crippen molar-refractivity contribution in [2.75, 3.05) is 13.2 Å². The molecule has 21 heavy (non-hydrogen) atoms. The molecule has 1 saturated carbocycles. The van der Waals surface area contributed by atoms with Gasteiger partial charge >= 0.3 is 5.97 Å². The predicted octanol–water partition coefficient (Wildman–Crippen LogP) is 2.51. The number of hydrogen-bond acceptors (Lipinski definition) is 3. The van der Waals surface area contributed by atoms with Crippen LogP contribution in [0.15, 0.2) is 12.7 Å². The third kappa shape index (κ3) is 7.27. The van der Waals surface area contributed by atoms with Gasteiger partial charge in [0.25, 0.3) is 0 Å². The van der Waals surface area contributed by atoms with Crippen molar-refractivity contribution >= 4 is 11.9 Å². The molecule has 1 aliphatic carbocycles. The zero-order valence-corrected chi connectivity index (χ0v) is 12.7. The number of ether oxygens (including phenoxy) is 1. The second-order valence-corrected chi connectivity index (χ2v) is 5.58. The lowest BCUT2D eigenvalue weighted by Crippen LogP contribution is -2.43. The van der Waals surface area contributed by atoms with Crippen LogP contribution in [0, 0.1) is 5.92 Å². The number of aliphatic carboxylic acids is 1. The van der Waals surface area contributed by atoms with Gasteiger partial charge in [0.15, 0.2) is 0 Å². The van der Waals surface area contributed by atoms with Gasteiger partial charge < -0.3 is 15.2 Å². The molecule has 2 unspecified atom stereocenters. The lowest BCUT2D eigenvalue weighted by molar-refractivity contribution is -0.143. The Balaban J connectivity index is 2.38. The van der Waals surface area contributed by atoms with Crippen molar-refractivity contribution in [1.82, 2.24) is 5.32 Å². The van der Waals surface area contributed by atoms with Crippen LogP contribution in [0.2, 0.25) is 0 Å². The van der Waals surface area contributed by atoms with E-state index in [4.69, 9.17) is 4.74 Å². The van der Waals surface area contributed by atoms with Gasteiger partial charge in [-0.05, 0) is 19.3 Å². The highest BCUT2D eigenvalue weighted by molar-refractivity contribution is 5.78. The number of nitrogens with one attached hydrogen (secondary N) is 1. The molecule has 1 fully saturated rings. The van der Waals surface area contributed by atoms with Gasteiger partial charge in [-0.25, -0.2) is 0 Å². The molecule has 0 aliphatic heterocycles. The second kappa shape index (κ2) is 10.4. The summed E-state index contributed by atoms with van der Waals surface area (Å²) in [6, 6.07) is -0.232. The molecule has 5 nitrogen and oxygen atoms in total. The van der Waals surface area contributed by atoms with Gasteiger partial charge in [-0.2, -0.15) is 0 Å². The van der Waals surface area contributed by atoms with E-state index in [9.17, 15) is 14.7 Å². The molecule has 2 N–H and O–H groups in total. The number of carboxylic acid groups (broad SMARTS) is 1. The fraction of sp³-hybridized carbons (Fsp3) is 0.750. The molecule has 5 heteroatoms. The number of amides is 1. The highest BCUT2D eigenvalue weighted by Gasteiger charge is 2.29. The topological polar surface area (TPSA) is 75.6 Å². The molecule has 2 atom stereocenters. The van der Waals surface area contributed by atoms with E-state index < -0.39 is 11.9 Å². The predicted molar refractivity (Wildman–Crippen MR) is 81.0 cm³/mol. The summed E-state index contributed by atoms with van der Waals surface area (Å²) in [7, 11) is 0. The van der Waals surface area contributed by atoms with E-state index in [1.54, 1.807) is 6.08 Å².